The number of hydrogen-bond donors (Lipinski definition) is 1. The Hall–Kier alpha value is -2.55. The first-order valence-corrected chi connectivity index (χ1v) is 8.85. The van der Waals surface area contributed by atoms with Crippen molar-refractivity contribution in [1.82, 2.24) is 0 Å². The lowest BCUT2D eigenvalue weighted by atomic mass is 10.1. The molecular weight excluding hydrogens is 359 g/mol. The molecule has 0 amide bonds. The number of benzene rings is 2. The molecule has 9 heteroatoms. The van der Waals surface area contributed by atoms with Crippen molar-refractivity contribution in [2.45, 2.75) is 12.8 Å². The minimum atomic E-state index is -4.55. The molecule has 0 aromatic heterocycles. The summed E-state index contributed by atoms with van der Waals surface area (Å²) in [6.45, 7) is -0.557. The first-order valence-electron chi connectivity index (χ1n) is 6.96. The molecule has 5 nitrogen and oxygen atoms in total. The fourth-order valence-electron chi connectivity index (χ4n) is 2.07. The number of anilines is 1. The highest BCUT2D eigenvalue weighted by molar-refractivity contribution is 7.92. The number of rotatable bonds is 5. The smallest absolute Gasteiger partial charge is 0.416 e. The van der Waals surface area contributed by atoms with E-state index in [4.69, 9.17) is 4.74 Å². The zero-order valence-corrected chi connectivity index (χ0v) is 13.8. The molecule has 0 heterocycles. The highest BCUT2D eigenvalue weighted by atomic mass is 32.2. The SMILES string of the molecule is CS(=O)(=O)Nc1cccc(C(=O)OCc2ccccc2C(F)(F)F)c1. The van der Waals surface area contributed by atoms with Crippen molar-refractivity contribution in [3.05, 3.63) is 65.2 Å². The van der Waals surface area contributed by atoms with Crippen LogP contribution >= 0.6 is 0 Å². The van der Waals surface area contributed by atoms with Crippen molar-refractivity contribution in [3.63, 3.8) is 0 Å². The van der Waals surface area contributed by atoms with Gasteiger partial charge in [-0.1, -0.05) is 24.3 Å². The second-order valence-electron chi connectivity index (χ2n) is 5.19. The fourth-order valence-corrected chi connectivity index (χ4v) is 2.63. The summed E-state index contributed by atoms with van der Waals surface area (Å²) in [6, 6.07) is 10.2. The van der Waals surface area contributed by atoms with Gasteiger partial charge in [0, 0.05) is 11.3 Å². The zero-order chi connectivity index (χ0) is 18.7. The molecule has 25 heavy (non-hydrogen) atoms. The lowest BCUT2D eigenvalue weighted by Crippen LogP contribution is -2.13. The Bertz CT molecular complexity index is 879. The molecule has 0 radical (unpaired) electrons. The molecule has 0 saturated carbocycles. The van der Waals surface area contributed by atoms with Crippen LogP contribution in [0.15, 0.2) is 48.5 Å². The van der Waals surface area contributed by atoms with Gasteiger partial charge in [-0.2, -0.15) is 13.2 Å². The number of alkyl halides is 3. The number of halogens is 3. The molecular formula is C16H14F3NO4S. The highest BCUT2D eigenvalue weighted by Crippen LogP contribution is 2.32. The van der Waals surface area contributed by atoms with Gasteiger partial charge in [0.2, 0.25) is 10.0 Å². The molecule has 2 rings (SSSR count). The standard InChI is InChI=1S/C16H14F3NO4S/c1-25(22,23)20-13-7-4-6-11(9-13)15(21)24-10-12-5-2-3-8-14(12)16(17,18)19/h2-9,20H,10H2,1H3. The van der Waals surface area contributed by atoms with Gasteiger partial charge in [-0.15, -0.1) is 0 Å². The maximum absolute atomic E-state index is 12.9. The van der Waals surface area contributed by atoms with E-state index in [1.54, 1.807) is 0 Å². The van der Waals surface area contributed by atoms with Crippen molar-refractivity contribution in [1.29, 1.82) is 0 Å². The molecule has 0 atom stereocenters. The minimum Gasteiger partial charge on any atom is -0.457 e. The molecule has 2 aromatic rings. The molecule has 0 saturated heterocycles. The fraction of sp³-hybridized carbons (Fsp3) is 0.188. The monoisotopic (exact) mass is 373 g/mol. The quantitative estimate of drug-likeness (QED) is 0.815. The highest BCUT2D eigenvalue weighted by Gasteiger charge is 2.33. The average molecular weight is 373 g/mol. The Morgan fingerprint density at radius 3 is 2.44 bits per heavy atom. The van der Waals surface area contributed by atoms with Crippen molar-refractivity contribution in [2.24, 2.45) is 0 Å². The molecule has 0 spiro atoms. The van der Waals surface area contributed by atoms with Crippen molar-refractivity contribution < 1.29 is 31.1 Å². The molecule has 134 valence electrons. The summed E-state index contributed by atoms with van der Waals surface area (Å²) in [5.41, 5.74) is -0.894. The maximum Gasteiger partial charge on any atom is 0.416 e. The summed E-state index contributed by atoms with van der Waals surface area (Å²) >= 11 is 0. The van der Waals surface area contributed by atoms with Crippen LogP contribution in [-0.4, -0.2) is 20.6 Å². The second kappa shape index (κ2) is 7.14. The van der Waals surface area contributed by atoms with Gasteiger partial charge in [0.05, 0.1) is 17.4 Å². The number of carbonyl (C=O) groups excluding carboxylic acids is 1. The largest absolute Gasteiger partial charge is 0.457 e. The minimum absolute atomic E-state index is 0.0122. The number of esters is 1. The van der Waals surface area contributed by atoms with E-state index in [1.807, 2.05) is 0 Å². The number of hydrogen-bond acceptors (Lipinski definition) is 4. The Kier molecular flexibility index (Phi) is 5.36. The summed E-state index contributed by atoms with van der Waals surface area (Å²) in [6.07, 6.45) is -3.60. The predicted molar refractivity (Wildman–Crippen MR) is 85.5 cm³/mol. The summed E-state index contributed by atoms with van der Waals surface area (Å²) in [4.78, 5) is 12.0. The van der Waals surface area contributed by atoms with E-state index in [0.717, 1.165) is 12.3 Å². The Morgan fingerprint density at radius 2 is 1.80 bits per heavy atom. The number of ether oxygens (including phenoxy) is 1. The first-order chi connectivity index (χ1) is 11.6. The molecule has 0 bridgehead atoms. The zero-order valence-electron chi connectivity index (χ0n) is 13.0. The maximum atomic E-state index is 12.9. The second-order valence-corrected chi connectivity index (χ2v) is 6.93. The summed E-state index contributed by atoms with van der Waals surface area (Å²) in [5, 5.41) is 0. The summed E-state index contributed by atoms with van der Waals surface area (Å²) in [5.74, 6) is -0.867. The molecule has 0 aliphatic rings. The topological polar surface area (TPSA) is 72.5 Å². The van der Waals surface area contributed by atoms with Gasteiger partial charge in [-0.05, 0) is 24.3 Å². The van der Waals surface area contributed by atoms with Crippen LogP contribution in [-0.2, 0) is 27.5 Å². The van der Waals surface area contributed by atoms with Crippen LogP contribution < -0.4 is 4.72 Å². The van der Waals surface area contributed by atoms with E-state index in [9.17, 15) is 26.4 Å². The third-order valence-corrected chi connectivity index (χ3v) is 3.69. The summed E-state index contributed by atoms with van der Waals surface area (Å²) < 4.78 is 68.2. The van der Waals surface area contributed by atoms with Gasteiger partial charge in [0.1, 0.15) is 6.61 Å². The molecule has 0 aliphatic carbocycles. The van der Waals surface area contributed by atoms with E-state index in [0.29, 0.717) is 0 Å². The number of sulfonamides is 1. The van der Waals surface area contributed by atoms with Gasteiger partial charge >= 0.3 is 12.1 Å². The van der Waals surface area contributed by atoms with E-state index < -0.39 is 34.3 Å². The molecule has 2 aromatic carbocycles. The average Bonchev–Trinajstić information content (AvgIpc) is 2.50. The van der Waals surface area contributed by atoms with Crippen LogP contribution in [0.5, 0.6) is 0 Å². The van der Waals surface area contributed by atoms with E-state index in [1.165, 1.54) is 42.5 Å². The molecule has 0 aliphatic heterocycles. The Labute approximate surface area is 142 Å². The third kappa shape index (κ3) is 5.49. The predicted octanol–water partition coefficient (Wildman–Crippen LogP) is 3.43. The Balaban J connectivity index is 2.13. The van der Waals surface area contributed by atoms with Gasteiger partial charge in [-0.25, -0.2) is 13.2 Å². The first kappa shape index (κ1) is 18.8. The van der Waals surface area contributed by atoms with Gasteiger partial charge in [0.25, 0.3) is 0 Å². The van der Waals surface area contributed by atoms with Gasteiger partial charge < -0.3 is 4.74 Å². The van der Waals surface area contributed by atoms with Crippen LogP contribution in [0.4, 0.5) is 18.9 Å². The van der Waals surface area contributed by atoms with Crippen LogP contribution in [0.3, 0.4) is 0 Å². The van der Waals surface area contributed by atoms with Gasteiger partial charge in [-0.3, -0.25) is 4.72 Å². The van der Waals surface area contributed by atoms with E-state index in [2.05, 4.69) is 4.72 Å². The van der Waals surface area contributed by atoms with Crippen LogP contribution in [0.2, 0.25) is 0 Å². The van der Waals surface area contributed by atoms with Crippen LogP contribution in [0, 0.1) is 0 Å². The lowest BCUT2D eigenvalue weighted by molar-refractivity contribution is -0.138. The normalized spacial score (nSPS) is 11.8. The third-order valence-electron chi connectivity index (χ3n) is 3.08. The molecule has 0 fully saturated rings. The van der Waals surface area contributed by atoms with E-state index in [-0.39, 0.29) is 16.8 Å². The number of nitrogens with one attached hydrogen (secondary N) is 1. The molecule has 1 N–H and O–H groups in total. The van der Waals surface area contributed by atoms with Crippen molar-refractivity contribution in [3.8, 4) is 0 Å². The number of carbonyl (C=O) groups is 1. The Morgan fingerprint density at radius 1 is 1.12 bits per heavy atom. The van der Waals surface area contributed by atoms with Crippen LogP contribution in [0.25, 0.3) is 0 Å². The molecule has 0 unspecified atom stereocenters. The summed E-state index contributed by atoms with van der Waals surface area (Å²) in [7, 11) is -3.52. The van der Waals surface area contributed by atoms with E-state index >= 15 is 0 Å². The van der Waals surface area contributed by atoms with Crippen LogP contribution in [0.1, 0.15) is 21.5 Å². The van der Waals surface area contributed by atoms with Gasteiger partial charge in [0.15, 0.2) is 0 Å². The van der Waals surface area contributed by atoms with Crippen molar-refractivity contribution in [2.75, 3.05) is 11.0 Å². The van der Waals surface area contributed by atoms with Crippen molar-refractivity contribution >= 4 is 21.7 Å². The lowest BCUT2D eigenvalue weighted by Gasteiger charge is -2.13.